The number of nitrogens with two attached hydrogens (primary N) is 1. The first kappa shape index (κ1) is 44.8. The van der Waals surface area contributed by atoms with Gasteiger partial charge in [0.2, 0.25) is 0 Å². The molecule has 3 rings (SSSR count). The predicted molar refractivity (Wildman–Crippen MR) is 204 cm³/mol. The van der Waals surface area contributed by atoms with Crippen LogP contribution in [-0.4, -0.2) is 69.0 Å². The lowest BCUT2D eigenvalue weighted by Gasteiger charge is -2.34. The summed E-state index contributed by atoms with van der Waals surface area (Å²) in [5.41, 5.74) is 10.9. The van der Waals surface area contributed by atoms with Crippen molar-refractivity contribution >= 4 is 13.4 Å². The number of nitrogens with zero attached hydrogens (tertiary/aromatic N) is 3. The molecule has 1 aliphatic heterocycles. The number of hydrogen-bond acceptors (Lipinski definition) is 5. The van der Waals surface area contributed by atoms with Crippen LogP contribution < -0.4 is 5.73 Å². The molecule has 1 aromatic rings. The summed E-state index contributed by atoms with van der Waals surface area (Å²) >= 11 is 0. The van der Waals surface area contributed by atoms with E-state index in [0.29, 0.717) is 5.92 Å². The highest BCUT2D eigenvalue weighted by Crippen LogP contribution is 2.48. The molecule has 1 heterocycles. The number of aryl methyl sites for hydroxylation is 1. The Kier molecular flexibility index (Phi) is 28.3. The highest BCUT2D eigenvalue weighted by atomic mass is 19.1. The largest absolute Gasteiger partial charge is 0.330 e. The standard InChI is InChI=1S/C24H28FN3.C8H15N.C4H10.C3H8.CH3N/c1-5-7-8-20(26-4)16-27-11-13-28(14-12-27)17-23-21(6-2)24(23)22-10-9-19(25)15-18(22)3;1-3-4-5-6-8(2)7-9;1-3-4-2;1-3-2;1-2/h2,5,7-10,15,24H,4,11-14,16-17H2,1,3H3;3-6,8H,7,9H2,1-2H3;3-4H2,1-2H3;3H2,1-2H3;2H,1H2/b7-5-,20-8-;4-3-,6-5-;;;. The van der Waals surface area contributed by atoms with Gasteiger partial charge in [-0.2, -0.15) is 0 Å². The zero-order chi connectivity index (χ0) is 35.3. The number of unbranched alkanes of at least 4 members (excludes halogenated alkanes) is 1. The van der Waals surface area contributed by atoms with Gasteiger partial charge in [-0.25, -0.2) is 4.39 Å². The van der Waals surface area contributed by atoms with Gasteiger partial charge in [0, 0.05) is 50.8 Å². The van der Waals surface area contributed by atoms with E-state index in [1.54, 1.807) is 6.07 Å². The Balaban J connectivity index is 0. The molecule has 1 aromatic carbocycles. The average molecular weight is 634 g/mol. The molecular weight excluding hydrogens is 569 g/mol. The van der Waals surface area contributed by atoms with E-state index in [1.165, 1.54) is 30.9 Å². The van der Waals surface area contributed by atoms with E-state index in [4.69, 9.17) is 17.6 Å². The van der Waals surface area contributed by atoms with Crippen LogP contribution in [0.4, 0.5) is 4.39 Å². The van der Waals surface area contributed by atoms with Crippen LogP contribution in [0.25, 0.3) is 0 Å². The molecule has 2 unspecified atom stereocenters. The third-order valence-electron chi connectivity index (χ3n) is 7.14. The normalized spacial score (nSPS) is 17.1. The van der Waals surface area contributed by atoms with Gasteiger partial charge in [-0.3, -0.25) is 14.8 Å². The lowest BCUT2D eigenvalue weighted by molar-refractivity contribution is 0.149. The summed E-state index contributed by atoms with van der Waals surface area (Å²) in [4.78, 5) is 8.99. The highest BCUT2D eigenvalue weighted by molar-refractivity contribution is 5.63. The lowest BCUT2D eigenvalue weighted by atomic mass is 10.00. The van der Waals surface area contributed by atoms with Gasteiger partial charge in [-0.15, -0.1) is 6.42 Å². The fourth-order valence-electron chi connectivity index (χ4n) is 4.31. The first-order valence-corrected chi connectivity index (χ1v) is 16.7. The maximum atomic E-state index is 13.4. The number of terminal acetylenes is 1. The smallest absolute Gasteiger partial charge is 0.123 e. The Hall–Kier alpha value is -3.37. The summed E-state index contributed by atoms with van der Waals surface area (Å²) in [6, 6.07) is 4.99. The molecule has 3 N–H and O–H groups in total. The van der Waals surface area contributed by atoms with E-state index in [-0.39, 0.29) is 11.7 Å². The third-order valence-corrected chi connectivity index (χ3v) is 7.14. The number of nitrogens with one attached hydrogen (secondary N) is 1. The van der Waals surface area contributed by atoms with Crippen molar-refractivity contribution in [3.05, 3.63) is 94.5 Å². The zero-order valence-corrected chi connectivity index (χ0v) is 30.3. The number of aliphatic imine (C=N–C) groups is 1. The van der Waals surface area contributed by atoms with Gasteiger partial charge in [-0.05, 0) is 81.6 Å². The van der Waals surface area contributed by atoms with Gasteiger partial charge < -0.3 is 11.1 Å². The average Bonchev–Trinajstić information content (AvgIpc) is 3.76. The van der Waals surface area contributed by atoms with Crippen LogP contribution >= 0.6 is 0 Å². The zero-order valence-electron chi connectivity index (χ0n) is 30.3. The van der Waals surface area contributed by atoms with Gasteiger partial charge in [0.25, 0.3) is 0 Å². The summed E-state index contributed by atoms with van der Waals surface area (Å²) < 4.78 is 13.4. The Morgan fingerprint density at radius 2 is 1.63 bits per heavy atom. The SMILES string of the molecule is C#CC1=C(CN2CCN(C/C(=C/C=C\C)N=C)CC2)C1c1ccc(F)cc1C.C/C=C\C=C/C(C)CN.C=N.CCC.CCCC. The monoisotopic (exact) mass is 634 g/mol. The molecule has 1 aliphatic carbocycles. The minimum atomic E-state index is -0.196. The molecule has 0 amide bonds. The van der Waals surface area contributed by atoms with Crippen LogP contribution in [0.3, 0.4) is 0 Å². The quantitative estimate of drug-likeness (QED) is 0.145. The number of benzene rings is 1. The molecule has 1 fully saturated rings. The van der Waals surface area contributed by atoms with Crippen molar-refractivity contribution < 1.29 is 4.39 Å². The molecule has 2 aliphatic rings. The predicted octanol–water partition coefficient (Wildman–Crippen LogP) is 9.14. The number of rotatable bonds is 11. The maximum Gasteiger partial charge on any atom is 0.123 e. The molecule has 0 bridgehead atoms. The topological polar surface area (TPSA) is 68.7 Å². The Morgan fingerprint density at radius 1 is 1.07 bits per heavy atom. The third kappa shape index (κ3) is 19.2. The first-order valence-electron chi connectivity index (χ1n) is 16.7. The van der Waals surface area contributed by atoms with E-state index in [1.807, 2.05) is 63.3 Å². The minimum Gasteiger partial charge on any atom is -0.330 e. The summed E-state index contributed by atoms with van der Waals surface area (Å²) in [6.07, 6.45) is 23.8. The van der Waals surface area contributed by atoms with Crippen LogP contribution in [0.1, 0.15) is 84.8 Å². The molecule has 0 saturated carbocycles. The van der Waals surface area contributed by atoms with E-state index in [0.717, 1.165) is 68.2 Å². The Bertz CT molecular complexity index is 1140. The molecule has 5 nitrogen and oxygen atoms in total. The summed E-state index contributed by atoms with van der Waals surface area (Å²) in [7, 11) is 0. The molecule has 256 valence electrons. The van der Waals surface area contributed by atoms with Crippen molar-refractivity contribution in [2.45, 2.75) is 80.6 Å². The summed E-state index contributed by atoms with van der Waals surface area (Å²) in [5, 5.41) is 5.50. The van der Waals surface area contributed by atoms with Gasteiger partial charge in [0.05, 0.1) is 5.70 Å². The van der Waals surface area contributed by atoms with E-state index < -0.39 is 0 Å². The molecule has 1 saturated heterocycles. The van der Waals surface area contributed by atoms with Crippen molar-refractivity contribution in [2.24, 2.45) is 16.6 Å². The number of halogens is 1. The fourth-order valence-corrected chi connectivity index (χ4v) is 4.31. The van der Waals surface area contributed by atoms with Crippen molar-refractivity contribution in [3.8, 4) is 12.3 Å². The van der Waals surface area contributed by atoms with Crippen LogP contribution in [-0.2, 0) is 0 Å². The summed E-state index contributed by atoms with van der Waals surface area (Å²) in [6.45, 7) is 29.3. The molecule has 0 aromatic heterocycles. The number of allylic oxidation sites excluding steroid dienone is 7. The van der Waals surface area contributed by atoms with Crippen LogP contribution in [0.15, 0.2) is 82.6 Å². The molecular formula is C40H64FN5. The van der Waals surface area contributed by atoms with Gasteiger partial charge >= 0.3 is 0 Å². The second kappa shape index (κ2) is 29.1. The van der Waals surface area contributed by atoms with Crippen LogP contribution in [0.2, 0.25) is 0 Å². The molecule has 0 radical (unpaired) electrons. The van der Waals surface area contributed by atoms with Gasteiger partial charge in [0.15, 0.2) is 0 Å². The highest BCUT2D eigenvalue weighted by Gasteiger charge is 2.38. The van der Waals surface area contributed by atoms with Crippen molar-refractivity contribution in [1.82, 2.24) is 9.80 Å². The number of piperazine rings is 1. The van der Waals surface area contributed by atoms with Crippen molar-refractivity contribution in [1.29, 1.82) is 5.41 Å². The number of hydrogen-bond donors (Lipinski definition) is 2. The molecule has 0 spiro atoms. The Morgan fingerprint density at radius 3 is 2.09 bits per heavy atom. The lowest BCUT2D eigenvalue weighted by Crippen LogP contribution is -2.47. The molecule has 6 heteroatoms. The summed E-state index contributed by atoms with van der Waals surface area (Å²) in [5.74, 6) is 3.35. The van der Waals surface area contributed by atoms with E-state index in [2.05, 4.69) is 74.8 Å². The minimum absolute atomic E-state index is 0.196. The maximum absolute atomic E-state index is 13.4. The van der Waals surface area contributed by atoms with Crippen LogP contribution in [0.5, 0.6) is 0 Å². The van der Waals surface area contributed by atoms with E-state index >= 15 is 0 Å². The van der Waals surface area contributed by atoms with Gasteiger partial charge in [0.1, 0.15) is 5.82 Å². The van der Waals surface area contributed by atoms with Crippen LogP contribution in [0, 0.1) is 36.4 Å². The second-order valence-corrected chi connectivity index (χ2v) is 11.2. The fraction of sp³-hybridized carbons (Fsp3) is 0.500. The Labute approximate surface area is 282 Å². The van der Waals surface area contributed by atoms with Crippen molar-refractivity contribution in [2.75, 3.05) is 45.8 Å². The first-order chi connectivity index (χ1) is 22.2. The molecule has 46 heavy (non-hydrogen) atoms. The second-order valence-electron chi connectivity index (χ2n) is 11.2. The van der Waals surface area contributed by atoms with Crippen molar-refractivity contribution in [3.63, 3.8) is 0 Å². The van der Waals surface area contributed by atoms with E-state index in [9.17, 15) is 4.39 Å². The molecule has 2 atom stereocenters. The van der Waals surface area contributed by atoms with Gasteiger partial charge in [-0.1, -0.05) is 102 Å².